The maximum atomic E-state index is 13.1. The van der Waals surface area contributed by atoms with E-state index in [1.807, 2.05) is 6.92 Å². The molecule has 0 bridgehead atoms. The maximum Gasteiger partial charge on any atom is 0.246 e. The van der Waals surface area contributed by atoms with Crippen LogP contribution in [0.2, 0.25) is 0 Å². The molecule has 0 aliphatic rings. The molecular weight excluding hydrogens is 302 g/mol. The molecule has 0 radical (unpaired) electrons. The molecule has 0 saturated heterocycles. The van der Waals surface area contributed by atoms with Gasteiger partial charge in [-0.05, 0) is 50.2 Å². The largest absolute Gasteiger partial charge is 0.494 e. The van der Waals surface area contributed by atoms with Crippen molar-refractivity contribution in [2.75, 3.05) is 17.2 Å². The van der Waals surface area contributed by atoms with Gasteiger partial charge in [-0.1, -0.05) is 0 Å². The Morgan fingerprint density at radius 3 is 2.35 bits per heavy atom. The summed E-state index contributed by atoms with van der Waals surface area (Å²) >= 11 is 0. The molecule has 1 atom stereocenters. The highest BCUT2D eigenvalue weighted by atomic mass is 19.2. The van der Waals surface area contributed by atoms with Crippen LogP contribution >= 0.6 is 0 Å². The molecule has 6 heteroatoms. The molecule has 0 aromatic heterocycles. The van der Waals surface area contributed by atoms with Gasteiger partial charge in [-0.2, -0.15) is 0 Å². The average molecular weight is 320 g/mol. The predicted molar refractivity (Wildman–Crippen MR) is 85.7 cm³/mol. The second-order valence-electron chi connectivity index (χ2n) is 4.94. The minimum absolute atomic E-state index is 0.203. The number of benzene rings is 2. The second kappa shape index (κ2) is 7.58. The topological polar surface area (TPSA) is 50.4 Å². The van der Waals surface area contributed by atoms with Gasteiger partial charge in [-0.3, -0.25) is 4.79 Å². The maximum absolute atomic E-state index is 13.1. The average Bonchev–Trinajstić information content (AvgIpc) is 2.53. The molecule has 0 aliphatic heterocycles. The summed E-state index contributed by atoms with van der Waals surface area (Å²) < 4.78 is 31.3. The van der Waals surface area contributed by atoms with Crippen molar-refractivity contribution in [1.82, 2.24) is 0 Å². The lowest BCUT2D eigenvalue weighted by Gasteiger charge is -2.15. The van der Waals surface area contributed by atoms with Crippen LogP contribution in [0.25, 0.3) is 0 Å². The van der Waals surface area contributed by atoms with E-state index in [1.165, 1.54) is 6.07 Å². The van der Waals surface area contributed by atoms with Crippen LogP contribution in [0, 0.1) is 11.6 Å². The number of rotatable bonds is 6. The monoisotopic (exact) mass is 320 g/mol. The first-order valence-corrected chi connectivity index (χ1v) is 7.25. The zero-order chi connectivity index (χ0) is 16.8. The summed E-state index contributed by atoms with van der Waals surface area (Å²) in [6.45, 7) is 4.16. The van der Waals surface area contributed by atoms with E-state index < -0.39 is 17.7 Å². The van der Waals surface area contributed by atoms with Crippen LogP contribution in [0.3, 0.4) is 0 Å². The molecule has 23 heavy (non-hydrogen) atoms. The summed E-state index contributed by atoms with van der Waals surface area (Å²) in [5, 5.41) is 5.55. The number of carbonyl (C=O) groups is 1. The number of anilines is 2. The van der Waals surface area contributed by atoms with Crippen LogP contribution in [-0.4, -0.2) is 18.6 Å². The van der Waals surface area contributed by atoms with E-state index in [2.05, 4.69) is 10.6 Å². The van der Waals surface area contributed by atoms with Gasteiger partial charge in [0.25, 0.3) is 0 Å². The zero-order valence-corrected chi connectivity index (χ0v) is 12.9. The molecule has 0 saturated carbocycles. The van der Waals surface area contributed by atoms with E-state index in [1.54, 1.807) is 31.2 Å². The molecule has 2 aromatic carbocycles. The van der Waals surface area contributed by atoms with Gasteiger partial charge in [-0.25, -0.2) is 8.78 Å². The van der Waals surface area contributed by atoms with Gasteiger partial charge in [0, 0.05) is 17.4 Å². The van der Waals surface area contributed by atoms with Crippen LogP contribution in [0.4, 0.5) is 20.2 Å². The van der Waals surface area contributed by atoms with Gasteiger partial charge in [0.2, 0.25) is 5.91 Å². The summed E-state index contributed by atoms with van der Waals surface area (Å²) in [6, 6.07) is 9.85. The molecule has 2 N–H and O–H groups in total. The zero-order valence-electron chi connectivity index (χ0n) is 12.9. The number of hydrogen-bond acceptors (Lipinski definition) is 3. The fraction of sp³-hybridized carbons (Fsp3) is 0.235. The van der Waals surface area contributed by atoms with Crippen molar-refractivity contribution in [3.05, 3.63) is 54.1 Å². The van der Waals surface area contributed by atoms with Gasteiger partial charge in [-0.15, -0.1) is 0 Å². The molecule has 122 valence electrons. The van der Waals surface area contributed by atoms with Crippen LogP contribution in [-0.2, 0) is 4.79 Å². The van der Waals surface area contributed by atoms with Crippen LogP contribution in [0.15, 0.2) is 42.5 Å². The lowest BCUT2D eigenvalue weighted by Crippen LogP contribution is -2.31. The molecule has 4 nitrogen and oxygen atoms in total. The smallest absolute Gasteiger partial charge is 0.246 e. The molecule has 1 unspecified atom stereocenters. The summed E-state index contributed by atoms with van der Waals surface area (Å²) in [4.78, 5) is 12.1. The molecular formula is C17H18F2N2O2. The minimum atomic E-state index is -1.00. The molecule has 0 heterocycles. The predicted octanol–water partition coefficient (Wildman–Crippen LogP) is 3.80. The number of ether oxygens (including phenoxy) is 1. The lowest BCUT2D eigenvalue weighted by atomic mass is 10.2. The summed E-state index contributed by atoms with van der Waals surface area (Å²) in [5.41, 5.74) is 0.954. The fourth-order valence-corrected chi connectivity index (χ4v) is 1.95. The molecule has 2 aromatic rings. The first kappa shape index (κ1) is 16.7. The normalized spacial score (nSPS) is 11.7. The molecule has 1 amide bonds. The van der Waals surface area contributed by atoms with Crippen molar-refractivity contribution in [3.63, 3.8) is 0 Å². The Balaban J connectivity index is 1.95. The van der Waals surface area contributed by atoms with E-state index in [0.29, 0.717) is 6.61 Å². The third kappa shape index (κ3) is 4.67. The molecule has 2 rings (SSSR count). The second-order valence-corrected chi connectivity index (χ2v) is 4.94. The Hall–Kier alpha value is -2.63. The van der Waals surface area contributed by atoms with Gasteiger partial charge in [0.15, 0.2) is 11.6 Å². The highest BCUT2D eigenvalue weighted by molar-refractivity contribution is 5.96. The van der Waals surface area contributed by atoms with Crippen molar-refractivity contribution in [1.29, 1.82) is 0 Å². The third-order valence-corrected chi connectivity index (χ3v) is 3.13. The number of carbonyl (C=O) groups excluding carboxylic acids is 1. The van der Waals surface area contributed by atoms with E-state index in [4.69, 9.17) is 4.74 Å². The minimum Gasteiger partial charge on any atom is -0.494 e. The van der Waals surface area contributed by atoms with Crippen molar-refractivity contribution < 1.29 is 18.3 Å². The van der Waals surface area contributed by atoms with E-state index in [9.17, 15) is 13.6 Å². The van der Waals surface area contributed by atoms with Gasteiger partial charge < -0.3 is 15.4 Å². The Bertz CT molecular complexity index is 675. The van der Waals surface area contributed by atoms with E-state index >= 15 is 0 Å². The highest BCUT2D eigenvalue weighted by Gasteiger charge is 2.14. The Kier molecular flexibility index (Phi) is 5.51. The Morgan fingerprint density at radius 1 is 1.09 bits per heavy atom. The van der Waals surface area contributed by atoms with Crippen molar-refractivity contribution in [3.8, 4) is 5.75 Å². The van der Waals surface area contributed by atoms with Crippen LogP contribution < -0.4 is 15.4 Å². The molecule has 0 aliphatic carbocycles. The fourth-order valence-electron chi connectivity index (χ4n) is 1.95. The van der Waals surface area contributed by atoms with Gasteiger partial charge in [0.05, 0.1) is 6.61 Å². The molecule has 0 fully saturated rings. The summed E-state index contributed by atoms with van der Waals surface area (Å²) in [5.74, 6) is -1.57. The number of nitrogens with one attached hydrogen (secondary N) is 2. The van der Waals surface area contributed by atoms with E-state index in [0.717, 1.165) is 23.6 Å². The standard InChI is InChI=1S/C17H18F2N2O2/c1-3-23-14-7-4-12(5-8-14)20-11(2)17(22)21-13-6-9-15(18)16(19)10-13/h4-11,20H,3H2,1-2H3,(H,21,22). The van der Waals surface area contributed by atoms with E-state index in [-0.39, 0.29) is 11.6 Å². The Morgan fingerprint density at radius 2 is 1.74 bits per heavy atom. The lowest BCUT2D eigenvalue weighted by molar-refractivity contribution is -0.116. The number of amides is 1. The van der Waals surface area contributed by atoms with Crippen molar-refractivity contribution >= 4 is 17.3 Å². The highest BCUT2D eigenvalue weighted by Crippen LogP contribution is 2.17. The van der Waals surface area contributed by atoms with Crippen LogP contribution in [0.5, 0.6) is 5.75 Å². The Labute approximate surface area is 133 Å². The first-order chi connectivity index (χ1) is 11.0. The number of halogens is 2. The first-order valence-electron chi connectivity index (χ1n) is 7.25. The summed E-state index contributed by atoms with van der Waals surface area (Å²) in [6.07, 6.45) is 0. The van der Waals surface area contributed by atoms with Gasteiger partial charge >= 0.3 is 0 Å². The van der Waals surface area contributed by atoms with Gasteiger partial charge in [0.1, 0.15) is 11.8 Å². The quantitative estimate of drug-likeness (QED) is 0.851. The number of hydrogen-bond donors (Lipinski definition) is 2. The van der Waals surface area contributed by atoms with Crippen molar-refractivity contribution in [2.45, 2.75) is 19.9 Å². The summed E-state index contributed by atoms with van der Waals surface area (Å²) in [7, 11) is 0. The SMILES string of the molecule is CCOc1ccc(NC(C)C(=O)Nc2ccc(F)c(F)c2)cc1. The molecule has 0 spiro atoms. The third-order valence-electron chi connectivity index (χ3n) is 3.13. The van der Waals surface area contributed by atoms with Crippen molar-refractivity contribution in [2.24, 2.45) is 0 Å². The van der Waals surface area contributed by atoms with Crippen LogP contribution in [0.1, 0.15) is 13.8 Å².